The van der Waals surface area contributed by atoms with Gasteiger partial charge in [-0.2, -0.15) is 0 Å². The molecule has 0 aromatic carbocycles. The van der Waals surface area contributed by atoms with E-state index >= 15 is 0 Å². The Bertz CT molecular complexity index is 156. The Morgan fingerprint density at radius 3 is 1.25 bits per heavy atom. The summed E-state index contributed by atoms with van der Waals surface area (Å²) in [7, 11) is 0. The molecule has 0 atom stereocenters. The number of hydrogen-bond donors (Lipinski definition) is 0. The third kappa shape index (κ3) is 9.00. The second kappa shape index (κ2) is 11.2. The van der Waals surface area contributed by atoms with Gasteiger partial charge >= 0.3 is 0 Å². The van der Waals surface area contributed by atoms with E-state index in [0.717, 1.165) is 0 Å². The molecule has 0 spiro atoms. The predicted octanol–water partition coefficient (Wildman–Crippen LogP) is 6.26. The van der Waals surface area contributed by atoms with Gasteiger partial charge in [-0.3, -0.25) is 0 Å². The molecule has 96 valence electrons. The minimum Gasteiger partial charge on any atom is -0.0744 e. The zero-order valence-electron chi connectivity index (χ0n) is 12.1. The Labute approximate surface area is 104 Å². The molecule has 0 saturated carbocycles. The van der Waals surface area contributed by atoms with Gasteiger partial charge in [-0.25, -0.2) is 0 Å². The normalized spacial score (nSPS) is 12.8. The molecule has 0 bridgehead atoms. The molecule has 0 aromatic heterocycles. The molecule has 0 saturated heterocycles. The van der Waals surface area contributed by atoms with Crippen molar-refractivity contribution < 1.29 is 0 Å². The predicted molar refractivity (Wildman–Crippen MR) is 75.9 cm³/mol. The lowest BCUT2D eigenvalue weighted by molar-refractivity contribution is 0.646. The average Bonchev–Trinajstić information content (AvgIpc) is 2.29. The summed E-state index contributed by atoms with van der Waals surface area (Å²) >= 11 is 0. The summed E-state index contributed by atoms with van der Waals surface area (Å²) in [6.07, 6.45) is 13.8. The molecular weight excluding hydrogens is 192 g/mol. The third-order valence-corrected chi connectivity index (χ3v) is 3.54. The molecule has 0 fully saturated rings. The molecule has 0 nitrogen and oxygen atoms in total. The van der Waals surface area contributed by atoms with Crippen LogP contribution in [0.5, 0.6) is 0 Å². The van der Waals surface area contributed by atoms with Crippen LogP contribution in [-0.4, -0.2) is 0 Å². The van der Waals surface area contributed by atoms with Crippen molar-refractivity contribution in [2.45, 2.75) is 91.9 Å². The minimum absolute atomic E-state index is 1.33. The summed E-state index contributed by atoms with van der Waals surface area (Å²) in [5, 5.41) is 0. The molecule has 0 amide bonds. The van der Waals surface area contributed by atoms with Crippen LogP contribution >= 0.6 is 0 Å². The van der Waals surface area contributed by atoms with Gasteiger partial charge in [-0.15, -0.1) is 0 Å². The van der Waals surface area contributed by atoms with Crippen molar-refractivity contribution in [2.24, 2.45) is 0 Å². The number of hydrogen-bond acceptors (Lipinski definition) is 0. The van der Waals surface area contributed by atoms with Crippen LogP contribution in [0.3, 0.4) is 0 Å². The van der Waals surface area contributed by atoms with Crippen LogP contribution in [0, 0.1) is 0 Å². The molecule has 0 radical (unpaired) electrons. The highest BCUT2D eigenvalue weighted by atomic mass is 14.0. The maximum atomic E-state index is 2.33. The van der Waals surface area contributed by atoms with Gasteiger partial charge < -0.3 is 0 Å². The molecule has 0 rings (SSSR count). The van der Waals surface area contributed by atoms with E-state index in [4.69, 9.17) is 0 Å². The lowest BCUT2D eigenvalue weighted by atomic mass is 9.99. The van der Waals surface area contributed by atoms with Crippen molar-refractivity contribution in [1.29, 1.82) is 0 Å². The third-order valence-electron chi connectivity index (χ3n) is 3.54. The van der Waals surface area contributed by atoms with Gasteiger partial charge in [-0.05, 0) is 39.5 Å². The van der Waals surface area contributed by atoms with Crippen LogP contribution in [-0.2, 0) is 0 Å². The number of allylic oxidation sites excluding steroid dienone is 2. The first-order valence-electron chi connectivity index (χ1n) is 7.37. The summed E-state index contributed by atoms with van der Waals surface area (Å²) < 4.78 is 0. The lowest BCUT2D eigenvalue weighted by Gasteiger charge is -2.08. The Morgan fingerprint density at radius 1 is 0.562 bits per heavy atom. The quantitative estimate of drug-likeness (QED) is 0.303. The van der Waals surface area contributed by atoms with Gasteiger partial charge in [0.05, 0.1) is 0 Å². The van der Waals surface area contributed by atoms with E-state index < -0.39 is 0 Å². The SMILES string of the molecule is CCCCCC/C(C)=C(\C)CCCCCC. The number of unbranched alkanes of at least 4 members (excludes halogenated alkanes) is 6. The summed E-state index contributed by atoms with van der Waals surface area (Å²) in [4.78, 5) is 0. The molecule has 0 heterocycles. The van der Waals surface area contributed by atoms with Gasteiger partial charge in [0.2, 0.25) is 0 Å². The van der Waals surface area contributed by atoms with Crippen LogP contribution in [0.15, 0.2) is 11.1 Å². The van der Waals surface area contributed by atoms with E-state index in [9.17, 15) is 0 Å². The van der Waals surface area contributed by atoms with Crippen LogP contribution in [0.25, 0.3) is 0 Å². The molecule has 16 heavy (non-hydrogen) atoms. The van der Waals surface area contributed by atoms with Gasteiger partial charge in [-0.1, -0.05) is 63.5 Å². The zero-order valence-corrected chi connectivity index (χ0v) is 12.1. The topological polar surface area (TPSA) is 0 Å². The Morgan fingerprint density at radius 2 is 0.938 bits per heavy atom. The molecule has 0 aromatic rings. The standard InChI is InChI=1S/C16H32/c1-5-7-9-11-13-15(3)16(4)14-12-10-8-6-2/h5-14H2,1-4H3/b16-15+. The van der Waals surface area contributed by atoms with Crippen LogP contribution in [0.2, 0.25) is 0 Å². The van der Waals surface area contributed by atoms with E-state index in [-0.39, 0.29) is 0 Å². The summed E-state index contributed by atoms with van der Waals surface area (Å²) in [6, 6.07) is 0. The Hall–Kier alpha value is -0.260. The fraction of sp³-hybridized carbons (Fsp3) is 0.875. The highest BCUT2D eigenvalue weighted by Gasteiger charge is 1.98. The highest BCUT2D eigenvalue weighted by molar-refractivity contribution is 5.09. The second-order valence-electron chi connectivity index (χ2n) is 5.18. The van der Waals surface area contributed by atoms with E-state index in [0.29, 0.717) is 0 Å². The fourth-order valence-corrected chi connectivity index (χ4v) is 2.06. The van der Waals surface area contributed by atoms with E-state index in [1.54, 1.807) is 11.1 Å². The first kappa shape index (κ1) is 15.7. The lowest BCUT2D eigenvalue weighted by Crippen LogP contribution is -1.87. The van der Waals surface area contributed by atoms with E-state index in [1.807, 2.05) is 0 Å². The molecule has 0 N–H and O–H groups in total. The summed E-state index contributed by atoms with van der Waals surface area (Å²) in [5.74, 6) is 0. The van der Waals surface area contributed by atoms with Gasteiger partial charge in [0, 0.05) is 0 Å². The van der Waals surface area contributed by atoms with Crippen molar-refractivity contribution in [1.82, 2.24) is 0 Å². The summed E-state index contributed by atoms with van der Waals surface area (Å²) in [6.45, 7) is 9.23. The first-order chi connectivity index (χ1) is 7.72. The van der Waals surface area contributed by atoms with E-state index in [2.05, 4.69) is 27.7 Å². The molecule has 0 aliphatic rings. The number of rotatable bonds is 10. The van der Waals surface area contributed by atoms with E-state index in [1.165, 1.54) is 64.2 Å². The summed E-state index contributed by atoms with van der Waals surface area (Å²) in [5.41, 5.74) is 3.32. The Kier molecular flexibility index (Phi) is 11.0. The second-order valence-corrected chi connectivity index (χ2v) is 5.18. The van der Waals surface area contributed by atoms with Gasteiger partial charge in [0.1, 0.15) is 0 Å². The molecular formula is C16H32. The van der Waals surface area contributed by atoms with Crippen LogP contribution in [0.1, 0.15) is 91.9 Å². The minimum atomic E-state index is 1.33. The van der Waals surface area contributed by atoms with Crippen molar-refractivity contribution in [3.05, 3.63) is 11.1 Å². The fourth-order valence-electron chi connectivity index (χ4n) is 2.06. The van der Waals surface area contributed by atoms with Gasteiger partial charge in [0.15, 0.2) is 0 Å². The van der Waals surface area contributed by atoms with Crippen molar-refractivity contribution in [3.8, 4) is 0 Å². The highest BCUT2D eigenvalue weighted by Crippen LogP contribution is 2.18. The first-order valence-corrected chi connectivity index (χ1v) is 7.37. The Balaban J connectivity index is 3.60. The molecule has 0 aliphatic carbocycles. The zero-order chi connectivity index (χ0) is 12.2. The van der Waals surface area contributed by atoms with Crippen molar-refractivity contribution in [2.75, 3.05) is 0 Å². The van der Waals surface area contributed by atoms with Crippen LogP contribution < -0.4 is 0 Å². The van der Waals surface area contributed by atoms with Crippen molar-refractivity contribution in [3.63, 3.8) is 0 Å². The van der Waals surface area contributed by atoms with Crippen LogP contribution in [0.4, 0.5) is 0 Å². The maximum Gasteiger partial charge on any atom is -0.0320 e. The molecule has 0 heteroatoms. The smallest absolute Gasteiger partial charge is 0.0320 e. The maximum absolute atomic E-state index is 2.33. The largest absolute Gasteiger partial charge is 0.0744 e. The molecule has 0 unspecified atom stereocenters. The van der Waals surface area contributed by atoms with Gasteiger partial charge in [0.25, 0.3) is 0 Å². The van der Waals surface area contributed by atoms with Crippen molar-refractivity contribution >= 4 is 0 Å². The molecule has 0 aliphatic heterocycles. The monoisotopic (exact) mass is 224 g/mol. The average molecular weight is 224 g/mol.